The van der Waals surface area contributed by atoms with E-state index < -0.39 is 5.97 Å². The fraction of sp³-hybridized carbons (Fsp3) is 0.360. The monoisotopic (exact) mass is 422 g/mol. The quantitative estimate of drug-likeness (QED) is 0.289. The highest BCUT2D eigenvalue weighted by Gasteiger charge is 2.26. The summed E-state index contributed by atoms with van der Waals surface area (Å²) in [6.45, 7) is 2.29. The van der Waals surface area contributed by atoms with Crippen molar-refractivity contribution in [3.8, 4) is 5.75 Å². The van der Waals surface area contributed by atoms with E-state index in [9.17, 15) is 9.59 Å². The average Bonchev–Trinajstić information content (AvgIpc) is 2.76. The molecule has 6 nitrogen and oxygen atoms in total. The Bertz CT molecular complexity index is 909. The number of carbonyl (C=O) groups excluding carboxylic acids is 2. The number of nitrogens with two attached hydrogens (primary N) is 2. The molecule has 164 valence electrons. The number of nitrogen functional groups attached to an aromatic ring is 2. The summed E-state index contributed by atoms with van der Waals surface area (Å²) in [6.07, 6.45) is 8.18. The van der Waals surface area contributed by atoms with Crippen LogP contribution in [0.4, 0.5) is 11.4 Å². The molecule has 1 aliphatic rings. The average molecular weight is 423 g/mol. The van der Waals surface area contributed by atoms with Gasteiger partial charge in [-0.1, -0.05) is 25.5 Å². The first-order valence-corrected chi connectivity index (χ1v) is 10.7. The second kappa shape index (κ2) is 10.7. The van der Waals surface area contributed by atoms with Gasteiger partial charge in [0.25, 0.3) is 0 Å². The molecule has 3 rings (SSSR count). The Morgan fingerprint density at radius 2 is 1.65 bits per heavy atom. The molecule has 2 aromatic carbocycles. The molecule has 1 aliphatic carbocycles. The number of ether oxygens (including phenoxy) is 2. The van der Waals surface area contributed by atoms with Crippen LogP contribution in [0.25, 0.3) is 6.08 Å². The molecule has 1 fully saturated rings. The third-order valence-corrected chi connectivity index (χ3v) is 5.69. The fourth-order valence-electron chi connectivity index (χ4n) is 3.85. The van der Waals surface area contributed by atoms with Crippen LogP contribution in [0, 0.1) is 11.8 Å². The van der Waals surface area contributed by atoms with E-state index in [1.54, 1.807) is 48.5 Å². The molecule has 0 radical (unpaired) electrons. The van der Waals surface area contributed by atoms with Gasteiger partial charge in [0.05, 0.1) is 5.92 Å². The largest absolute Gasteiger partial charge is 0.458 e. The minimum Gasteiger partial charge on any atom is -0.458 e. The Hall–Kier alpha value is -3.28. The van der Waals surface area contributed by atoms with E-state index in [4.69, 9.17) is 20.9 Å². The summed E-state index contributed by atoms with van der Waals surface area (Å²) in [6, 6.07) is 12.1. The van der Waals surface area contributed by atoms with Gasteiger partial charge in [-0.15, -0.1) is 0 Å². The fourth-order valence-corrected chi connectivity index (χ4v) is 3.85. The zero-order valence-electron chi connectivity index (χ0n) is 17.9. The lowest BCUT2D eigenvalue weighted by molar-refractivity contribution is -0.140. The van der Waals surface area contributed by atoms with Crippen molar-refractivity contribution >= 4 is 29.4 Å². The number of rotatable bonds is 7. The van der Waals surface area contributed by atoms with E-state index in [0.717, 1.165) is 42.7 Å². The molecular weight excluding hydrogens is 392 g/mol. The van der Waals surface area contributed by atoms with E-state index in [2.05, 4.69) is 6.92 Å². The molecule has 6 heteroatoms. The zero-order valence-corrected chi connectivity index (χ0v) is 17.9. The standard InChI is InChI=1S/C25H30N2O4/c1-2-17-3-8-20(9-4-17)25(29)31-23-10-5-18(6-11-23)7-12-24(28)30-16-19-13-21(26)15-22(27)14-19/h5-7,10-15,17,20H,2-4,8-9,16,26-27H2,1H3. The van der Waals surface area contributed by atoms with E-state index in [0.29, 0.717) is 17.1 Å². The van der Waals surface area contributed by atoms with Crippen molar-refractivity contribution in [2.75, 3.05) is 11.5 Å². The van der Waals surface area contributed by atoms with Crippen molar-refractivity contribution in [2.45, 2.75) is 45.6 Å². The molecule has 1 saturated carbocycles. The van der Waals surface area contributed by atoms with Gasteiger partial charge < -0.3 is 20.9 Å². The van der Waals surface area contributed by atoms with Gasteiger partial charge in [0.1, 0.15) is 12.4 Å². The summed E-state index contributed by atoms with van der Waals surface area (Å²) in [5, 5.41) is 0. The number of benzene rings is 2. The van der Waals surface area contributed by atoms with Crippen LogP contribution in [0.5, 0.6) is 5.75 Å². The Morgan fingerprint density at radius 1 is 1.00 bits per heavy atom. The number of esters is 2. The van der Waals surface area contributed by atoms with E-state index in [1.807, 2.05) is 0 Å². The lowest BCUT2D eigenvalue weighted by atomic mass is 9.81. The van der Waals surface area contributed by atoms with Crippen LogP contribution in [0.1, 0.15) is 50.2 Å². The highest BCUT2D eigenvalue weighted by atomic mass is 16.5. The van der Waals surface area contributed by atoms with Crippen molar-refractivity contribution < 1.29 is 19.1 Å². The lowest BCUT2D eigenvalue weighted by Crippen LogP contribution is -2.25. The summed E-state index contributed by atoms with van der Waals surface area (Å²) < 4.78 is 10.7. The van der Waals surface area contributed by atoms with Gasteiger partial charge in [0, 0.05) is 17.5 Å². The van der Waals surface area contributed by atoms with Gasteiger partial charge in [0.2, 0.25) is 0 Å². The predicted molar refractivity (Wildman–Crippen MR) is 122 cm³/mol. The number of hydrogen-bond acceptors (Lipinski definition) is 6. The summed E-state index contributed by atoms with van der Waals surface area (Å²) in [7, 11) is 0. The normalized spacial score (nSPS) is 18.6. The molecule has 31 heavy (non-hydrogen) atoms. The maximum Gasteiger partial charge on any atom is 0.331 e. The third-order valence-electron chi connectivity index (χ3n) is 5.69. The first kappa shape index (κ1) is 22.4. The van der Waals surface area contributed by atoms with Crippen molar-refractivity contribution in [1.29, 1.82) is 0 Å². The Balaban J connectivity index is 1.46. The topological polar surface area (TPSA) is 105 Å². The van der Waals surface area contributed by atoms with Crippen LogP contribution >= 0.6 is 0 Å². The molecule has 0 aliphatic heterocycles. The molecule has 0 aromatic heterocycles. The van der Waals surface area contributed by atoms with Crippen LogP contribution < -0.4 is 16.2 Å². The van der Waals surface area contributed by atoms with Gasteiger partial charge >= 0.3 is 11.9 Å². The molecule has 0 bridgehead atoms. The summed E-state index contributed by atoms with van der Waals surface area (Å²) in [5.74, 6) is 0.627. The molecule has 0 atom stereocenters. The minimum atomic E-state index is -0.473. The smallest absolute Gasteiger partial charge is 0.331 e. The Morgan fingerprint density at radius 3 is 2.26 bits per heavy atom. The molecule has 2 aromatic rings. The molecular formula is C25H30N2O4. The van der Waals surface area contributed by atoms with Crippen molar-refractivity contribution in [3.05, 3.63) is 59.7 Å². The summed E-state index contributed by atoms with van der Waals surface area (Å²) >= 11 is 0. The SMILES string of the molecule is CCC1CCC(C(=O)Oc2ccc(C=CC(=O)OCc3cc(N)cc(N)c3)cc2)CC1. The van der Waals surface area contributed by atoms with Crippen LogP contribution in [0.15, 0.2) is 48.5 Å². The van der Waals surface area contributed by atoms with Gasteiger partial charge in [-0.25, -0.2) is 4.79 Å². The molecule has 0 amide bonds. The zero-order chi connectivity index (χ0) is 22.2. The third kappa shape index (κ3) is 6.88. The van der Waals surface area contributed by atoms with Gasteiger partial charge in [-0.3, -0.25) is 4.79 Å². The van der Waals surface area contributed by atoms with Crippen LogP contribution in [0.2, 0.25) is 0 Å². The van der Waals surface area contributed by atoms with Crippen molar-refractivity contribution in [1.82, 2.24) is 0 Å². The van der Waals surface area contributed by atoms with Gasteiger partial charge in [-0.05, 0) is 79.1 Å². The van der Waals surface area contributed by atoms with E-state index in [1.165, 1.54) is 12.5 Å². The molecule has 0 saturated heterocycles. The molecule has 0 spiro atoms. The highest BCUT2D eigenvalue weighted by Crippen LogP contribution is 2.31. The van der Waals surface area contributed by atoms with Crippen LogP contribution in [-0.4, -0.2) is 11.9 Å². The van der Waals surface area contributed by atoms with Gasteiger partial charge in [0.15, 0.2) is 0 Å². The van der Waals surface area contributed by atoms with Crippen molar-refractivity contribution in [2.24, 2.45) is 11.8 Å². The van der Waals surface area contributed by atoms with E-state index in [-0.39, 0.29) is 18.5 Å². The van der Waals surface area contributed by atoms with Crippen molar-refractivity contribution in [3.63, 3.8) is 0 Å². The van der Waals surface area contributed by atoms with Crippen LogP contribution in [0.3, 0.4) is 0 Å². The molecule has 0 heterocycles. The number of carbonyl (C=O) groups is 2. The first-order valence-electron chi connectivity index (χ1n) is 10.7. The second-order valence-corrected chi connectivity index (χ2v) is 8.07. The maximum absolute atomic E-state index is 12.4. The van der Waals surface area contributed by atoms with Gasteiger partial charge in [-0.2, -0.15) is 0 Å². The maximum atomic E-state index is 12.4. The predicted octanol–water partition coefficient (Wildman–Crippen LogP) is 4.73. The second-order valence-electron chi connectivity index (χ2n) is 8.07. The van der Waals surface area contributed by atoms with E-state index >= 15 is 0 Å². The molecule has 0 unspecified atom stereocenters. The Labute approximate surface area is 183 Å². The number of hydrogen-bond donors (Lipinski definition) is 2. The Kier molecular flexibility index (Phi) is 7.70. The number of anilines is 2. The highest BCUT2D eigenvalue weighted by molar-refractivity contribution is 5.87. The summed E-state index contributed by atoms with van der Waals surface area (Å²) in [4.78, 5) is 24.3. The lowest BCUT2D eigenvalue weighted by Gasteiger charge is -2.26. The minimum absolute atomic E-state index is 0.00698. The molecule has 4 N–H and O–H groups in total. The van der Waals surface area contributed by atoms with Crippen LogP contribution in [-0.2, 0) is 20.9 Å². The first-order chi connectivity index (χ1) is 14.9. The summed E-state index contributed by atoms with van der Waals surface area (Å²) in [5.41, 5.74) is 14.0.